The van der Waals surface area contributed by atoms with Gasteiger partial charge in [-0.05, 0) is 67.1 Å². The number of hydrogen-bond acceptors (Lipinski definition) is 5. The molecule has 0 bridgehead atoms. The minimum absolute atomic E-state index is 0.229. The van der Waals surface area contributed by atoms with E-state index in [0.717, 1.165) is 18.6 Å². The number of esters is 1. The van der Waals surface area contributed by atoms with Crippen molar-refractivity contribution in [1.82, 2.24) is 0 Å². The average molecular weight is 520 g/mol. The Morgan fingerprint density at radius 2 is 1.41 bits per heavy atom. The molecule has 3 rings (SSSR count). The van der Waals surface area contributed by atoms with Crippen molar-refractivity contribution in [2.24, 2.45) is 10.2 Å². The fourth-order valence-corrected chi connectivity index (χ4v) is 3.54. The monoisotopic (exact) mass is 518 g/mol. The Labute approximate surface area is 214 Å². The van der Waals surface area contributed by atoms with Gasteiger partial charge in [-0.3, -0.25) is 0 Å². The van der Waals surface area contributed by atoms with E-state index in [-0.39, 0.29) is 10.8 Å². The number of hydrogen-bond donors (Lipinski definition) is 0. The van der Waals surface area contributed by atoms with E-state index >= 15 is 0 Å². The van der Waals surface area contributed by atoms with E-state index in [1.165, 1.54) is 19.3 Å². The van der Waals surface area contributed by atoms with Crippen molar-refractivity contribution in [1.29, 1.82) is 0 Å². The van der Waals surface area contributed by atoms with Gasteiger partial charge in [-0.1, -0.05) is 67.4 Å². The van der Waals surface area contributed by atoms with Crippen molar-refractivity contribution < 1.29 is 14.3 Å². The molecule has 0 unspecified atom stereocenters. The van der Waals surface area contributed by atoms with Gasteiger partial charge in [0.1, 0.15) is 11.5 Å². The van der Waals surface area contributed by atoms with Crippen LogP contribution in [0.15, 0.2) is 70.9 Å². The third kappa shape index (κ3) is 8.01. The van der Waals surface area contributed by atoms with Crippen LogP contribution in [0.1, 0.15) is 49.4 Å². The predicted molar refractivity (Wildman–Crippen MR) is 138 cm³/mol. The zero-order valence-corrected chi connectivity index (χ0v) is 21.0. The molecule has 0 aromatic heterocycles. The molecule has 0 spiro atoms. The summed E-state index contributed by atoms with van der Waals surface area (Å²) >= 11 is 18.2. The van der Waals surface area contributed by atoms with Crippen molar-refractivity contribution in [3.05, 3.63) is 81.3 Å². The lowest BCUT2D eigenvalue weighted by Crippen LogP contribution is -2.08. The van der Waals surface area contributed by atoms with Crippen molar-refractivity contribution in [3.63, 3.8) is 0 Å². The Kier molecular flexibility index (Phi) is 10.2. The predicted octanol–water partition coefficient (Wildman–Crippen LogP) is 9.63. The maximum Gasteiger partial charge on any atom is 0.343 e. The Bertz CT molecular complexity index is 1130. The van der Waals surface area contributed by atoms with Gasteiger partial charge >= 0.3 is 5.97 Å². The Balaban J connectivity index is 1.54. The quantitative estimate of drug-likeness (QED) is 0.110. The molecule has 0 fully saturated rings. The molecule has 178 valence electrons. The second kappa shape index (κ2) is 13.3. The van der Waals surface area contributed by atoms with E-state index in [2.05, 4.69) is 17.2 Å². The first-order valence-corrected chi connectivity index (χ1v) is 12.2. The van der Waals surface area contributed by atoms with Crippen LogP contribution in [0.2, 0.25) is 15.1 Å². The van der Waals surface area contributed by atoms with E-state index in [4.69, 9.17) is 44.3 Å². The van der Waals surface area contributed by atoms with E-state index in [9.17, 15) is 4.79 Å². The molecule has 0 atom stereocenters. The van der Waals surface area contributed by atoms with Crippen LogP contribution in [-0.2, 0) is 0 Å². The number of unbranched alkanes of at least 4 members (excludes halogenated alkanes) is 4. The number of halogens is 3. The van der Waals surface area contributed by atoms with Crippen LogP contribution in [0.5, 0.6) is 11.5 Å². The fourth-order valence-electron chi connectivity index (χ4n) is 3.04. The van der Waals surface area contributed by atoms with Crippen LogP contribution >= 0.6 is 34.8 Å². The van der Waals surface area contributed by atoms with Crippen molar-refractivity contribution in [2.75, 3.05) is 6.61 Å². The first-order chi connectivity index (χ1) is 16.5. The lowest BCUT2D eigenvalue weighted by Gasteiger charge is -2.08. The minimum Gasteiger partial charge on any atom is -0.494 e. The van der Waals surface area contributed by atoms with Crippen LogP contribution < -0.4 is 9.47 Å². The molecule has 5 nitrogen and oxygen atoms in total. The van der Waals surface area contributed by atoms with E-state index in [0.29, 0.717) is 33.6 Å². The van der Waals surface area contributed by atoms with Crippen LogP contribution in [0.3, 0.4) is 0 Å². The van der Waals surface area contributed by atoms with Crippen LogP contribution in [0, 0.1) is 0 Å². The summed E-state index contributed by atoms with van der Waals surface area (Å²) in [5.74, 6) is 0.438. The normalized spacial score (nSPS) is 11.1. The van der Waals surface area contributed by atoms with E-state index in [1.807, 2.05) is 0 Å². The SMILES string of the molecule is CCCCCCCOc1ccc(C(=O)Oc2ccc(N=Nc3ccc(Cl)c(Cl)c3)cc2Cl)cc1. The number of azo groups is 1. The molecule has 0 saturated heterocycles. The summed E-state index contributed by atoms with van der Waals surface area (Å²) < 4.78 is 11.2. The zero-order chi connectivity index (χ0) is 24.3. The molecule has 0 N–H and O–H groups in total. The van der Waals surface area contributed by atoms with Gasteiger partial charge in [0.05, 0.1) is 38.6 Å². The molecular weight excluding hydrogens is 495 g/mol. The van der Waals surface area contributed by atoms with Crippen LogP contribution in [-0.4, -0.2) is 12.6 Å². The first-order valence-electron chi connectivity index (χ1n) is 11.1. The second-order valence-corrected chi connectivity index (χ2v) is 8.81. The number of ether oxygens (including phenoxy) is 2. The van der Waals surface area contributed by atoms with Gasteiger partial charge in [-0.2, -0.15) is 10.2 Å². The summed E-state index contributed by atoms with van der Waals surface area (Å²) in [5, 5.41) is 9.30. The Morgan fingerprint density at radius 3 is 2.06 bits per heavy atom. The molecule has 3 aromatic carbocycles. The molecule has 0 aliphatic carbocycles. The largest absolute Gasteiger partial charge is 0.494 e. The highest BCUT2D eigenvalue weighted by atomic mass is 35.5. The molecular formula is C26H25Cl3N2O3. The standard InChI is InChI=1S/C26H25Cl3N2O3/c1-2-3-4-5-6-15-33-21-11-7-18(8-12-21)26(32)34-25-14-10-20(17-24(25)29)31-30-19-9-13-22(27)23(28)16-19/h7-14,16-17H,2-6,15H2,1H3. The van der Waals surface area contributed by atoms with Gasteiger partial charge in [0, 0.05) is 0 Å². The molecule has 0 aliphatic rings. The third-order valence-corrected chi connectivity index (χ3v) is 5.94. The molecule has 0 saturated carbocycles. The van der Waals surface area contributed by atoms with Crippen molar-refractivity contribution in [2.45, 2.75) is 39.0 Å². The van der Waals surface area contributed by atoms with Crippen molar-refractivity contribution >= 4 is 52.1 Å². The number of benzene rings is 3. The molecule has 3 aromatic rings. The van der Waals surface area contributed by atoms with Gasteiger partial charge in [-0.25, -0.2) is 4.79 Å². The van der Waals surface area contributed by atoms with Gasteiger partial charge in [0.15, 0.2) is 0 Å². The number of nitrogens with zero attached hydrogens (tertiary/aromatic N) is 2. The summed E-state index contributed by atoms with van der Waals surface area (Å²) in [5.41, 5.74) is 1.44. The Hall–Kier alpha value is -2.60. The second-order valence-electron chi connectivity index (χ2n) is 7.59. The minimum atomic E-state index is -0.516. The molecule has 0 aliphatic heterocycles. The molecule has 8 heteroatoms. The smallest absolute Gasteiger partial charge is 0.343 e. The highest BCUT2D eigenvalue weighted by Crippen LogP contribution is 2.32. The zero-order valence-electron chi connectivity index (χ0n) is 18.8. The molecule has 0 heterocycles. The summed E-state index contributed by atoms with van der Waals surface area (Å²) in [6, 6.07) is 16.6. The number of carbonyl (C=O) groups is 1. The van der Waals surface area contributed by atoms with Gasteiger partial charge < -0.3 is 9.47 Å². The summed E-state index contributed by atoms with van der Waals surface area (Å²) in [6.07, 6.45) is 5.89. The van der Waals surface area contributed by atoms with E-state index in [1.54, 1.807) is 60.7 Å². The van der Waals surface area contributed by atoms with Crippen molar-refractivity contribution in [3.8, 4) is 11.5 Å². The fraction of sp³-hybridized carbons (Fsp3) is 0.269. The highest BCUT2D eigenvalue weighted by Gasteiger charge is 2.12. The van der Waals surface area contributed by atoms with E-state index < -0.39 is 5.97 Å². The highest BCUT2D eigenvalue weighted by molar-refractivity contribution is 6.42. The van der Waals surface area contributed by atoms with Crippen LogP contribution in [0.25, 0.3) is 0 Å². The van der Waals surface area contributed by atoms with Gasteiger partial charge in [0.2, 0.25) is 0 Å². The molecule has 0 radical (unpaired) electrons. The van der Waals surface area contributed by atoms with Gasteiger partial charge in [0.25, 0.3) is 0 Å². The Morgan fingerprint density at radius 1 is 0.765 bits per heavy atom. The molecule has 34 heavy (non-hydrogen) atoms. The van der Waals surface area contributed by atoms with Crippen LogP contribution in [0.4, 0.5) is 11.4 Å². The lowest BCUT2D eigenvalue weighted by atomic mass is 10.2. The number of carbonyl (C=O) groups excluding carboxylic acids is 1. The third-order valence-electron chi connectivity index (χ3n) is 4.91. The summed E-state index contributed by atoms with van der Waals surface area (Å²) in [4.78, 5) is 12.5. The topological polar surface area (TPSA) is 60.2 Å². The maximum atomic E-state index is 12.5. The first kappa shape index (κ1) is 26.0. The lowest BCUT2D eigenvalue weighted by molar-refractivity contribution is 0.0735. The summed E-state index contributed by atoms with van der Waals surface area (Å²) in [6.45, 7) is 2.86. The maximum absolute atomic E-state index is 12.5. The summed E-state index contributed by atoms with van der Waals surface area (Å²) in [7, 11) is 0. The number of rotatable bonds is 11. The van der Waals surface area contributed by atoms with Gasteiger partial charge in [-0.15, -0.1) is 0 Å². The molecule has 0 amide bonds. The average Bonchev–Trinajstić information content (AvgIpc) is 2.84.